The molecule has 3 N–H and O–H groups in total. The van der Waals surface area contributed by atoms with Crippen molar-refractivity contribution in [2.24, 2.45) is 0 Å². The Hall–Kier alpha value is -1.56. The molecule has 0 aliphatic heterocycles. The fourth-order valence-electron chi connectivity index (χ4n) is 1.89. The minimum Gasteiger partial charge on any atom is -0.481 e. The lowest BCUT2D eigenvalue weighted by atomic mass is 9.91. The molecule has 5 nitrogen and oxygen atoms in total. The highest BCUT2D eigenvalue weighted by Crippen LogP contribution is 2.26. The Bertz CT molecular complexity index is 481. The van der Waals surface area contributed by atoms with Gasteiger partial charge in [-0.1, -0.05) is 19.9 Å². The molecule has 1 aromatic heterocycles. The summed E-state index contributed by atoms with van der Waals surface area (Å²) in [5, 5.41) is 16.4. The molecule has 0 saturated carbocycles. The summed E-state index contributed by atoms with van der Waals surface area (Å²) in [6.07, 6.45) is 0.429. The van der Waals surface area contributed by atoms with Gasteiger partial charge >= 0.3 is 12.0 Å². The topological polar surface area (TPSA) is 78.4 Å². The zero-order chi connectivity index (χ0) is 16.1. The first kappa shape index (κ1) is 17.5. The van der Waals surface area contributed by atoms with E-state index >= 15 is 0 Å². The first-order chi connectivity index (χ1) is 9.62. The molecule has 0 bridgehead atoms. The number of carbonyl (C=O) groups excluding carboxylic acids is 1. The van der Waals surface area contributed by atoms with Crippen molar-refractivity contribution in [3.8, 4) is 0 Å². The van der Waals surface area contributed by atoms with E-state index in [0.717, 1.165) is 0 Å². The van der Waals surface area contributed by atoms with E-state index in [0.29, 0.717) is 13.0 Å². The highest BCUT2D eigenvalue weighted by Gasteiger charge is 2.25. The number of amides is 2. The average molecular weight is 312 g/mol. The van der Waals surface area contributed by atoms with Gasteiger partial charge in [0, 0.05) is 28.8 Å². The Morgan fingerprint density at radius 3 is 2.48 bits per heavy atom. The Balaban J connectivity index is 2.45. The van der Waals surface area contributed by atoms with Crippen LogP contribution in [-0.2, 0) is 10.2 Å². The van der Waals surface area contributed by atoms with Crippen LogP contribution in [0.4, 0.5) is 4.79 Å². The third kappa shape index (κ3) is 6.16. The number of hydrogen-bond donors (Lipinski definition) is 3. The maximum atomic E-state index is 12.0. The number of carboxylic acid groups (broad SMARTS) is 1. The van der Waals surface area contributed by atoms with Crippen LogP contribution in [0.2, 0.25) is 0 Å². The van der Waals surface area contributed by atoms with E-state index in [1.807, 2.05) is 25.3 Å². The first-order valence-corrected chi connectivity index (χ1v) is 7.82. The molecule has 0 unspecified atom stereocenters. The van der Waals surface area contributed by atoms with E-state index in [-0.39, 0.29) is 17.9 Å². The van der Waals surface area contributed by atoms with E-state index in [1.54, 1.807) is 11.3 Å². The lowest BCUT2D eigenvalue weighted by Crippen LogP contribution is -2.50. The summed E-state index contributed by atoms with van der Waals surface area (Å²) in [6, 6.07) is 3.78. The van der Waals surface area contributed by atoms with Crippen molar-refractivity contribution < 1.29 is 14.7 Å². The van der Waals surface area contributed by atoms with Crippen LogP contribution in [0.15, 0.2) is 17.5 Å². The maximum absolute atomic E-state index is 12.0. The summed E-state index contributed by atoms with van der Waals surface area (Å²) >= 11 is 1.67. The van der Waals surface area contributed by atoms with Gasteiger partial charge in [0.1, 0.15) is 0 Å². The smallest absolute Gasteiger partial charge is 0.315 e. The normalized spacial score (nSPS) is 12.0. The predicted octanol–water partition coefficient (Wildman–Crippen LogP) is 2.97. The molecule has 0 aliphatic carbocycles. The van der Waals surface area contributed by atoms with Gasteiger partial charge in [-0.2, -0.15) is 0 Å². The second-order valence-corrected chi connectivity index (χ2v) is 7.39. The number of thiophene rings is 1. The van der Waals surface area contributed by atoms with Gasteiger partial charge in [0.25, 0.3) is 0 Å². The van der Waals surface area contributed by atoms with Crippen LogP contribution in [0.25, 0.3) is 0 Å². The minimum atomic E-state index is -0.857. The van der Waals surface area contributed by atoms with Gasteiger partial charge in [0.05, 0.1) is 0 Å². The molecular formula is C15H24N2O3S. The zero-order valence-electron chi connectivity index (χ0n) is 13.0. The molecule has 1 aromatic rings. The molecular weight excluding hydrogens is 288 g/mol. The van der Waals surface area contributed by atoms with E-state index in [9.17, 15) is 9.59 Å². The molecule has 6 heteroatoms. The molecule has 1 heterocycles. The Morgan fingerprint density at radius 1 is 1.29 bits per heavy atom. The van der Waals surface area contributed by atoms with Crippen molar-refractivity contribution in [1.82, 2.24) is 10.6 Å². The molecule has 0 aliphatic rings. The molecule has 118 valence electrons. The zero-order valence-corrected chi connectivity index (χ0v) is 13.8. The fraction of sp³-hybridized carbons (Fsp3) is 0.600. The van der Waals surface area contributed by atoms with Crippen molar-refractivity contribution in [1.29, 1.82) is 0 Å². The van der Waals surface area contributed by atoms with Gasteiger partial charge in [-0.15, -0.1) is 11.3 Å². The van der Waals surface area contributed by atoms with Crippen molar-refractivity contribution in [3.05, 3.63) is 22.4 Å². The molecule has 0 aromatic carbocycles. The Kier molecular flexibility index (Phi) is 5.78. The summed E-state index contributed by atoms with van der Waals surface area (Å²) in [6.45, 7) is 8.32. The molecule has 21 heavy (non-hydrogen) atoms. The summed E-state index contributed by atoms with van der Waals surface area (Å²) in [5.74, 6) is -0.857. The van der Waals surface area contributed by atoms with Gasteiger partial charge in [-0.25, -0.2) is 4.79 Å². The minimum absolute atomic E-state index is 0.0357. The van der Waals surface area contributed by atoms with Crippen LogP contribution in [0.5, 0.6) is 0 Å². The quantitative estimate of drug-likeness (QED) is 0.724. The predicted molar refractivity (Wildman–Crippen MR) is 84.8 cm³/mol. The monoisotopic (exact) mass is 312 g/mol. The Morgan fingerprint density at radius 2 is 1.95 bits per heavy atom. The van der Waals surface area contributed by atoms with E-state index in [1.165, 1.54) is 4.88 Å². The number of nitrogens with one attached hydrogen (secondary N) is 2. The van der Waals surface area contributed by atoms with Gasteiger partial charge in [-0.05, 0) is 31.7 Å². The van der Waals surface area contributed by atoms with Crippen molar-refractivity contribution in [2.75, 3.05) is 6.54 Å². The van der Waals surface area contributed by atoms with Crippen molar-refractivity contribution in [2.45, 2.75) is 51.5 Å². The maximum Gasteiger partial charge on any atom is 0.315 e. The number of carbonyl (C=O) groups is 2. The summed E-state index contributed by atoms with van der Waals surface area (Å²) in [4.78, 5) is 23.8. The Labute approximate surface area is 129 Å². The lowest BCUT2D eigenvalue weighted by Gasteiger charge is -2.28. The number of urea groups is 1. The average Bonchev–Trinajstić information content (AvgIpc) is 2.88. The molecule has 2 amide bonds. The van der Waals surface area contributed by atoms with Gasteiger partial charge in [0.2, 0.25) is 0 Å². The largest absolute Gasteiger partial charge is 0.481 e. The molecule has 0 spiro atoms. The molecule has 0 atom stereocenters. The third-order valence-electron chi connectivity index (χ3n) is 3.29. The SMILES string of the molecule is CC(C)(CCC(=O)O)NC(=O)NCC(C)(C)c1cccs1. The van der Waals surface area contributed by atoms with E-state index in [2.05, 4.69) is 30.5 Å². The van der Waals surface area contributed by atoms with Gasteiger partial charge in [-0.3, -0.25) is 4.79 Å². The summed E-state index contributed by atoms with van der Waals surface area (Å²) in [7, 11) is 0. The van der Waals surface area contributed by atoms with Crippen LogP contribution in [0.3, 0.4) is 0 Å². The van der Waals surface area contributed by atoms with Crippen LogP contribution >= 0.6 is 11.3 Å². The van der Waals surface area contributed by atoms with Crippen LogP contribution < -0.4 is 10.6 Å². The van der Waals surface area contributed by atoms with Crippen LogP contribution in [-0.4, -0.2) is 29.2 Å². The second-order valence-electron chi connectivity index (χ2n) is 6.45. The van der Waals surface area contributed by atoms with Crippen molar-refractivity contribution >= 4 is 23.3 Å². The number of hydrogen-bond acceptors (Lipinski definition) is 3. The third-order valence-corrected chi connectivity index (χ3v) is 4.53. The lowest BCUT2D eigenvalue weighted by molar-refractivity contribution is -0.137. The molecule has 0 radical (unpaired) electrons. The number of carboxylic acids is 1. The van der Waals surface area contributed by atoms with Crippen molar-refractivity contribution in [3.63, 3.8) is 0 Å². The van der Waals surface area contributed by atoms with Crippen LogP contribution in [0.1, 0.15) is 45.4 Å². The highest BCUT2D eigenvalue weighted by molar-refractivity contribution is 7.10. The van der Waals surface area contributed by atoms with E-state index in [4.69, 9.17) is 5.11 Å². The van der Waals surface area contributed by atoms with Gasteiger partial charge in [0.15, 0.2) is 0 Å². The first-order valence-electron chi connectivity index (χ1n) is 6.94. The number of rotatable bonds is 7. The van der Waals surface area contributed by atoms with Crippen LogP contribution in [0, 0.1) is 0 Å². The molecule has 0 fully saturated rings. The van der Waals surface area contributed by atoms with Gasteiger partial charge < -0.3 is 15.7 Å². The van der Waals surface area contributed by atoms with E-state index < -0.39 is 11.5 Å². The summed E-state index contributed by atoms with van der Waals surface area (Å²) in [5.41, 5.74) is -0.674. The number of aliphatic carboxylic acids is 1. The standard InChI is InChI=1S/C15H24N2O3S/c1-14(2,11-6-5-9-21-11)10-16-13(20)17-15(3,4)8-7-12(18)19/h5-6,9H,7-8,10H2,1-4H3,(H,18,19)(H2,16,17,20). The molecule has 0 saturated heterocycles. The fourth-order valence-corrected chi connectivity index (χ4v) is 2.74. The molecule has 1 rings (SSSR count). The highest BCUT2D eigenvalue weighted by atomic mass is 32.1. The second kappa shape index (κ2) is 6.93. The summed E-state index contributed by atoms with van der Waals surface area (Å²) < 4.78 is 0.